The van der Waals surface area contributed by atoms with Crippen molar-refractivity contribution >= 4 is 63.7 Å². The number of fused-ring (bicyclic) bond motifs is 7. The lowest BCUT2D eigenvalue weighted by Crippen LogP contribution is -2.34. The average Bonchev–Trinajstić information content (AvgIpc) is 3.60. The highest BCUT2D eigenvalue weighted by Crippen LogP contribution is 2.61. The van der Waals surface area contributed by atoms with Crippen molar-refractivity contribution in [2.75, 3.05) is 11.4 Å². The van der Waals surface area contributed by atoms with Crippen molar-refractivity contribution < 1.29 is 19.0 Å². The fourth-order valence-electron chi connectivity index (χ4n) is 6.97. The van der Waals surface area contributed by atoms with Gasteiger partial charge in [-0.3, -0.25) is 0 Å². The standard InChI is InChI=1S/C37H33Cl4NO4/c1-4-5-6-7-11-22-17-25-29(19-27(22)44-20(2)3)45-28-18-23(42-16-15-21-10-8-9-12-26(21)42)13-14-24(28)37(25)31-30(36(43)46-37)32(38)34(40)35(41)33(31)39/h8-10,12-14,17-20H,4-7,11,15-16H2,1-3H3. The SMILES string of the molecule is CCCCCCc1cc2c(cc1OC(C)C)Oc1cc(N3CCc4ccccc43)ccc1C21OC(=O)c2c(Cl)c(Cl)c(Cl)c(Cl)c21. The number of nitrogens with zero attached hydrogens (tertiary/aromatic N) is 1. The molecule has 0 aliphatic carbocycles. The van der Waals surface area contributed by atoms with Gasteiger partial charge in [0.25, 0.3) is 0 Å². The molecule has 0 amide bonds. The Morgan fingerprint density at radius 3 is 2.43 bits per heavy atom. The molecular formula is C37H33Cl4NO4. The van der Waals surface area contributed by atoms with Gasteiger partial charge in [-0.15, -0.1) is 0 Å². The fourth-order valence-corrected chi connectivity index (χ4v) is 8.03. The maximum absolute atomic E-state index is 13.8. The smallest absolute Gasteiger partial charge is 0.341 e. The second kappa shape index (κ2) is 12.2. The number of carbonyl (C=O) groups is 1. The number of esters is 1. The minimum absolute atomic E-state index is 0.00683. The number of ether oxygens (including phenoxy) is 3. The van der Waals surface area contributed by atoms with E-state index in [0.29, 0.717) is 28.2 Å². The monoisotopic (exact) mass is 695 g/mol. The molecule has 0 bridgehead atoms. The van der Waals surface area contributed by atoms with E-state index in [1.54, 1.807) is 0 Å². The van der Waals surface area contributed by atoms with Crippen LogP contribution in [0.1, 0.15) is 84.6 Å². The molecule has 9 heteroatoms. The summed E-state index contributed by atoms with van der Waals surface area (Å²) in [6, 6.07) is 18.3. The van der Waals surface area contributed by atoms with E-state index in [0.717, 1.165) is 67.8 Å². The van der Waals surface area contributed by atoms with Crippen LogP contribution >= 0.6 is 46.4 Å². The zero-order valence-corrected chi connectivity index (χ0v) is 28.8. The zero-order chi connectivity index (χ0) is 32.3. The van der Waals surface area contributed by atoms with E-state index in [4.69, 9.17) is 60.6 Å². The quantitative estimate of drug-likeness (QED) is 0.0794. The van der Waals surface area contributed by atoms with E-state index >= 15 is 0 Å². The van der Waals surface area contributed by atoms with Crippen LogP contribution in [0.5, 0.6) is 17.2 Å². The first-order chi connectivity index (χ1) is 22.1. The molecule has 238 valence electrons. The van der Waals surface area contributed by atoms with Crippen LogP contribution in [0.4, 0.5) is 11.4 Å². The maximum Gasteiger partial charge on any atom is 0.341 e. The molecule has 0 saturated heterocycles. The van der Waals surface area contributed by atoms with E-state index in [-0.39, 0.29) is 31.8 Å². The number of halogens is 4. The second-order valence-electron chi connectivity index (χ2n) is 12.3. The Balaban J connectivity index is 1.47. The number of unbranched alkanes of at least 4 members (excludes halogenated alkanes) is 3. The predicted octanol–water partition coefficient (Wildman–Crippen LogP) is 11.5. The highest BCUT2D eigenvalue weighted by atomic mass is 35.5. The molecule has 1 unspecified atom stereocenters. The second-order valence-corrected chi connectivity index (χ2v) is 13.8. The normalized spacial score (nSPS) is 17.5. The third-order valence-electron chi connectivity index (χ3n) is 9.04. The minimum Gasteiger partial charge on any atom is -0.491 e. The number of para-hydroxylation sites is 1. The Labute approximate surface area is 289 Å². The number of anilines is 2. The number of hydrogen-bond acceptors (Lipinski definition) is 5. The first-order valence-electron chi connectivity index (χ1n) is 15.8. The molecule has 0 N–H and O–H groups in total. The number of hydrogen-bond donors (Lipinski definition) is 0. The molecule has 3 aliphatic rings. The molecule has 1 spiro atoms. The first-order valence-corrected chi connectivity index (χ1v) is 17.3. The van der Waals surface area contributed by atoms with E-state index in [1.165, 1.54) is 5.56 Å². The summed E-state index contributed by atoms with van der Waals surface area (Å²) in [5.74, 6) is 1.12. The third kappa shape index (κ3) is 4.93. The van der Waals surface area contributed by atoms with Crippen LogP contribution < -0.4 is 14.4 Å². The van der Waals surface area contributed by atoms with Crippen molar-refractivity contribution in [2.24, 2.45) is 0 Å². The maximum atomic E-state index is 13.8. The van der Waals surface area contributed by atoms with Crippen LogP contribution in [0.15, 0.2) is 54.6 Å². The highest BCUT2D eigenvalue weighted by Gasteiger charge is 2.57. The van der Waals surface area contributed by atoms with E-state index in [9.17, 15) is 4.79 Å². The topological polar surface area (TPSA) is 48.0 Å². The van der Waals surface area contributed by atoms with Crippen LogP contribution in [-0.2, 0) is 23.2 Å². The summed E-state index contributed by atoms with van der Waals surface area (Å²) < 4.78 is 19.5. The molecule has 1 atom stereocenters. The summed E-state index contributed by atoms with van der Waals surface area (Å²) in [7, 11) is 0. The number of carbonyl (C=O) groups excluding carboxylic acids is 1. The van der Waals surface area contributed by atoms with Gasteiger partial charge in [-0.1, -0.05) is 90.8 Å². The van der Waals surface area contributed by atoms with Crippen LogP contribution in [0.2, 0.25) is 20.1 Å². The van der Waals surface area contributed by atoms with E-state index in [1.807, 2.05) is 50.2 Å². The molecule has 0 fully saturated rings. The van der Waals surface area contributed by atoms with Gasteiger partial charge in [0.2, 0.25) is 0 Å². The van der Waals surface area contributed by atoms with Gasteiger partial charge < -0.3 is 19.1 Å². The van der Waals surface area contributed by atoms with Crippen LogP contribution in [0.25, 0.3) is 0 Å². The van der Waals surface area contributed by atoms with Gasteiger partial charge in [0.15, 0.2) is 5.60 Å². The van der Waals surface area contributed by atoms with Crippen molar-refractivity contribution in [1.29, 1.82) is 0 Å². The Morgan fingerprint density at radius 2 is 1.65 bits per heavy atom. The zero-order valence-electron chi connectivity index (χ0n) is 25.8. The molecule has 7 rings (SSSR count). The van der Waals surface area contributed by atoms with E-state index < -0.39 is 11.6 Å². The molecule has 5 nitrogen and oxygen atoms in total. The van der Waals surface area contributed by atoms with Crippen LogP contribution in [-0.4, -0.2) is 18.6 Å². The van der Waals surface area contributed by atoms with Gasteiger partial charge in [0, 0.05) is 46.7 Å². The minimum atomic E-state index is -1.49. The molecule has 4 aromatic rings. The Bertz CT molecular complexity index is 1890. The van der Waals surface area contributed by atoms with Gasteiger partial charge in [0.05, 0.1) is 31.8 Å². The van der Waals surface area contributed by atoms with Gasteiger partial charge in [-0.25, -0.2) is 4.79 Å². The van der Waals surface area contributed by atoms with Crippen LogP contribution in [0.3, 0.4) is 0 Å². The van der Waals surface area contributed by atoms with E-state index in [2.05, 4.69) is 30.0 Å². The van der Waals surface area contributed by atoms with Crippen molar-refractivity contribution in [3.8, 4) is 17.2 Å². The summed E-state index contributed by atoms with van der Waals surface area (Å²) in [5.41, 5.74) is 4.61. The number of benzene rings is 4. The molecule has 0 saturated carbocycles. The first kappa shape index (κ1) is 31.5. The fraction of sp³-hybridized carbons (Fsp3) is 0.324. The van der Waals surface area contributed by atoms with Crippen molar-refractivity contribution in [1.82, 2.24) is 0 Å². The largest absolute Gasteiger partial charge is 0.491 e. The lowest BCUT2D eigenvalue weighted by molar-refractivity contribution is 0.0224. The molecular weight excluding hydrogens is 664 g/mol. The molecule has 0 radical (unpaired) electrons. The van der Waals surface area contributed by atoms with Gasteiger partial charge in [-0.2, -0.15) is 0 Å². The third-order valence-corrected chi connectivity index (χ3v) is 10.8. The lowest BCUT2D eigenvalue weighted by Gasteiger charge is -2.38. The molecule has 4 aromatic carbocycles. The Morgan fingerprint density at radius 1 is 0.891 bits per heavy atom. The van der Waals surface area contributed by atoms with Gasteiger partial charge in [0.1, 0.15) is 17.2 Å². The summed E-state index contributed by atoms with van der Waals surface area (Å²) in [5, 5.41) is 0.186. The van der Waals surface area contributed by atoms with Gasteiger partial charge >= 0.3 is 5.97 Å². The van der Waals surface area contributed by atoms with Crippen LogP contribution in [0, 0.1) is 0 Å². The number of rotatable bonds is 8. The summed E-state index contributed by atoms with van der Waals surface area (Å²) >= 11 is 26.8. The highest BCUT2D eigenvalue weighted by molar-refractivity contribution is 6.53. The number of aryl methyl sites for hydroxylation is 1. The van der Waals surface area contributed by atoms with Crippen molar-refractivity contribution in [3.63, 3.8) is 0 Å². The van der Waals surface area contributed by atoms with Crippen molar-refractivity contribution in [3.05, 3.63) is 108 Å². The van der Waals surface area contributed by atoms with Gasteiger partial charge in [-0.05, 0) is 68.5 Å². The van der Waals surface area contributed by atoms with Crippen molar-refractivity contribution in [2.45, 2.75) is 71.0 Å². The Hall–Kier alpha value is -3.09. The molecule has 46 heavy (non-hydrogen) atoms. The Kier molecular flexibility index (Phi) is 8.34. The summed E-state index contributed by atoms with van der Waals surface area (Å²) in [4.78, 5) is 16.1. The average molecular weight is 697 g/mol. The molecule has 3 aliphatic heterocycles. The lowest BCUT2D eigenvalue weighted by atomic mass is 9.76. The molecule has 0 aromatic heterocycles. The summed E-state index contributed by atoms with van der Waals surface area (Å²) in [6.07, 6.45) is 6.02. The predicted molar refractivity (Wildman–Crippen MR) is 185 cm³/mol. The summed E-state index contributed by atoms with van der Waals surface area (Å²) in [6.45, 7) is 7.03. The molecule has 3 heterocycles.